The molecule has 4 nitrogen and oxygen atoms in total. The standard InChI is InChI=1S/C13H15ClN2O2/c1-8(2)16-7-11(13(15)18)12(17)9-3-5-10(14)6-4-9/h3-8,17H,1-2H3,(H2,15,18). The van der Waals surface area contributed by atoms with E-state index in [0.717, 1.165) is 0 Å². The Morgan fingerprint density at radius 1 is 1.39 bits per heavy atom. The normalized spacial score (nSPS) is 12.9. The van der Waals surface area contributed by atoms with E-state index in [0.29, 0.717) is 10.6 Å². The van der Waals surface area contributed by atoms with Crippen molar-refractivity contribution in [1.82, 2.24) is 0 Å². The van der Waals surface area contributed by atoms with Crippen LogP contribution in [0, 0.1) is 0 Å². The van der Waals surface area contributed by atoms with Gasteiger partial charge in [0.05, 0.1) is 5.57 Å². The predicted molar refractivity (Wildman–Crippen MR) is 73.8 cm³/mol. The topological polar surface area (TPSA) is 75.7 Å². The van der Waals surface area contributed by atoms with Crippen molar-refractivity contribution < 1.29 is 9.90 Å². The zero-order valence-corrected chi connectivity index (χ0v) is 11.0. The Balaban J connectivity index is 3.19. The number of hydrogen-bond donors (Lipinski definition) is 2. The monoisotopic (exact) mass is 266 g/mol. The van der Waals surface area contributed by atoms with Crippen LogP contribution in [0.2, 0.25) is 5.02 Å². The van der Waals surface area contributed by atoms with Crippen LogP contribution < -0.4 is 5.73 Å². The maximum absolute atomic E-state index is 11.3. The Bertz CT molecular complexity index is 490. The van der Waals surface area contributed by atoms with E-state index < -0.39 is 5.91 Å². The minimum atomic E-state index is -0.730. The zero-order valence-electron chi connectivity index (χ0n) is 10.2. The molecule has 0 spiro atoms. The molecule has 1 aromatic rings. The molecule has 0 aliphatic carbocycles. The molecule has 18 heavy (non-hydrogen) atoms. The third kappa shape index (κ3) is 3.89. The number of hydrogen-bond acceptors (Lipinski definition) is 3. The predicted octanol–water partition coefficient (Wildman–Crippen LogP) is 2.57. The van der Waals surface area contributed by atoms with Crippen molar-refractivity contribution in [2.45, 2.75) is 19.9 Å². The van der Waals surface area contributed by atoms with Crippen LogP contribution in [0.25, 0.3) is 5.76 Å². The summed E-state index contributed by atoms with van der Waals surface area (Å²) in [7, 11) is 0. The maximum atomic E-state index is 11.3. The van der Waals surface area contributed by atoms with Gasteiger partial charge in [-0.1, -0.05) is 11.6 Å². The SMILES string of the molecule is CC(C)N=CC(C(N)=O)=C(O)c1ccc(Cl)cc1. The molecular weight excluding hydrogens is 252 g/mol. The molecule has 1 amide bonds. The second-order valence-corrected chi connectivity index (χ2v) is 4.44. The molecule has 0 saturated carbocycles. The number of carbonyl (C=O) groups is 1. The molecule has 0 aliphatic rings. The first-order valence-electron chi connectivity index (χ1n) is 5.44. The van der Waals surface area contributed by atoms with E-state index in [1.165, 1.54) is 6.21 Å². The molecule has 0 saturated heterocycles. The molecule has 1 aromatic carbocycles. The van der Waals surface area contributed by atoms with Crippen LogP contribution in [-0.4, -0.2) is 23.3 Å². The molecule has 0 aliphatic heterocycles. The number of amides is 1. The van der Waals surface area contributed by atoms with Gasteiger partial charge >= 0.3 is 0 Å². The molecule has 1 rings (SSSR count). The quantitative estimate of drug-likeness (QED) is 0.499. The molecule has 3 N–H and O–H groups in total. The van der Waals surface area contributed by atoms with Gasteiger partial charge in [0.1, 0.15) is 5.76 Å². The summed E-state index contributed by atoms with van der Waals surface area (Å²) in [5, 5.41) is 10.5. The van der Waals surface area contributed by atoms with E-state index in [1.54, 1.807) is 24.3 Å². The Morgan fingerprint density at radius 3 is 2.39 bits per heavy atom. The first-order valence-corrected chi connectivity index (χ1v) is 5.81. The molecular formula is C13H15ClN2O2. The highest BCUT2D eigenvalue weighted by Gasteiger charge is 2.11. The fourth-order valence-electron chi connectivity index (χ4n) is 1.23. The van der Waals surface area contributed by atoms with Gasteiger partial charge in [-0.2, -0.15) is 0 Å². The highest BCUT2D eigenvalue weighted by Crippen LogP contribution is 2.18. The molecule has 0 fully saturated rings. The van der Waals surface area contributed by atoms with E-state index in [1.807, 2.05) is 13.8 Å². The number of benzene rings is 1. The first kappa shape index (κ1) is 14.3. The Labute approximate surface area is 111 Å². The van der Waals surface area contributed by atoms with E-state index in [9.17, 15) is 9.90 Å². The minimum Gasteiger partial charge on any atom is -0.506 e. The van der Waals surface area contributed by atoms with Gasteiger partial charge in [0.15, 0.2) is 0 Å². The molecule has 0 heterocycles. The summed E-state index contributed by atoms with van der Waals surface area (Å²) in [5.74, 6) is -0.935. The van der Waals surface area contributed by atoms with Crippen LogP contribution in [0.1, 0.15) is 19.4 Å². The molecule has 96 valence electrons. The van der Waals surface area contributed by atoms with Crippen molar-refractivity contribution in [3.63, 3.8) is 0 Å². The van der Waals surface area contributed by atoms with Gasteiger partial charge in [0.25, 0.3) is 5.91 Å². The number of carbonyl (C=O) groups excluding carboxylic acids is 1. The van der Waals surface area contributed by atoms with Gasteiger partial charge in [-0.3, -0.25) is 9.79 Å². The van der Waals surface area contributed by atoms with Gasteiger partial charge < -0.3 is 10.8 Å². The van der Waals surface area contributed by atoms with Gasteiger partial charge in [0, 0.05) is 22.8 Å². The van der Waals surface area contributed by atoms with Crippen molar-refractivity contribution in [3.05, 3.63) is 40.4 Å². The lowest BCUT2D eigenvalue weighted by Crippen LogP contribution is -2.17. The van der Waals surface area contributed by atoms with Crippen molar-refractivity contribution in [2.24, 2.45) is 10.7 Å². The van der Waals surface area contributed by atoms with Gasteiger partial charge in [-0.05, 0) is 38.1 Å². The second-order valence-electron chi connectivity index (χ2n) is 4.01. The van der Waals surface area contributed by atoms with E-state index in [-0.39, 0.29) is 17.4 Å². The van der Waals surface area contributed by atoms with Gasteiger partial charge in [-0.25, -0.2) is 0 Å². The average molecular weight is 267 g/mol. The highest BCUT2D eigenvalue weighted by molar-refractivity contribution is 6.30. The van der Waals surface area contributed by atoms with Crippen molar-refractivity contribution in [1.29, 1.82) is 0 Å². The average Bonchev–Trinajstić information content (AvgIpc) is 2.29. The number of nitrogens with zero attached hydrogens (tertiary/aromatic N) is 1. The summed E-state index contributed by atoms with van der Waals surface area (Å²) < 4.78 is 0. The summed E-state index contributed by atoms with van der Waals surface area (Å²) in [6.45, 7) is 3.71. The first-order chi connectivity index (χ1) is 8.41. The number of aliphatic hydroxyl groups excluding tert-OH is 1. The summed E-state index contributed by atoms with van der Waals surface area (Å²) in [5.41, 5.74) is 5.66. The van der Waals surface area contributed by atoms with Crippen LogP contribution in [0.15, 0.2) is 34.8 Å². The minimum absolute atomic E-state index is 0.0115. The van der Waals surface area contributed by atoms with E-state index >= 15 is 0 Å². The zero-order chi connectivity index (χ0) is 13.7. The largest absolute Gasteiger partial charge is 0.506 e. The van der Waals surface area contributed by atoms with E-state index in [2.05, 4.69) is 4.99 Å². The van der Waals surface area contributed by atoms with Crippen LogP contribution in [0.3, 0.4) is 0 Å². The van der Waals surface area contributed by atoms with Crippen molar-refractivity contribution >= 4 is 29.5 Å². The van der Waals surface area contributed by atoms with Crippen LogP contribution in [0.5, 0.6) is 0 Å². The number of primary amides is 1. The smallest absolute Gasteiger partial charge is 0.254 e. The lowest BCUT2D eigenvalue weighted by atomic mass is 10.1. The third-order valence-electron chi connectivity index (χ3n) is 2.14. The second kappa shape index (κ2) is 6.21. The van der Waals surface area contributed by atoms with Crippen molar-refractivity contribution in [3.8, 4) is 0 Å². The Kier molecular flexibility index (Phi) is 4.92. The lowest BCUT2D eigenvalue weighted by Gasteiger charge is -2.05. The maximum Gasteiger partial charge on any atom is 0.254 e. The molecule has 0 unspecified atom stereocenters. The highest BCUT2D eigenvalue weighted by atomic mass is 35.5. The number of halogens is 1. The van der Waals surface area contributed by atoms with Crippen LogP contribution >= 0.6 is 11.6 Å². The fourth-order valence-corrected chi connectivity index (χ4v) is 1.35. The number of aliphatic hydroxyl groups is 1. The van der Waals surface area contributed by atoms with Gasteiger partial charge in [0.2, 0.25) is 0 Å². The summed E-state index contributed by atoms with van der Waals surface area (Å²) >= 11 is 5.75. The van der Waals surface area contributed by atoms with E-state index in [4.69, 9.17) is 17.3 Å². The number of nitrogens with two attached hydrogens (primary N) is 1. The van der Waals surface area contributed by atoms with Crippen molar-refractivity contribution in [2.75, 3.05) is 0 Å². The Hall–Kier alpha value is -1.81. The molecule has 0 radical (unpaired) electrons. The summed E-state index contributed by atoms with van der Waals surface area (Å²) in [6, 6.07) is 6.45. The van der Waals surface area contributed by atoms with Gasteiger partial charge in [-0.15, -0.1) is 0 Å². The molecule has 0 bridgehead atoms. The summed E-state index contributed by atoms with van der Waals surface area (Å²) in [6.07, 6.45) is 1.29. The number of rotatable bonds is 4. The Morgan fingerprint density at radius 2 is 1.94 bits per heavy atom. The fraction of sp³-hybridized carbons (Fsp3) is 0.231. The van der Waals surface area contributed by atoms with Crippen LogP contribution in [-0.2, 0) is 4.79 Å². The lowest BCUT2D eigenvalue weighted by molar-refractivity contribution is -0.114. The number of aliphatic imine (C=N–C) groups is 1. The molecule has 0 atom stereocenters. The van der Waals surface area contributed by atoms with Crippen LogP contribution in [0.4, 0.5) is 0 Å². The molecule has 5 heteroatoms. The third-order valence-corrected chi connectivity index (χ3v) is 2.39. The summed E-state index contributed by atoms with van der Waals surface area (Å²) in [4.78, 5) is 15.3. The molecule has 0 aromatic heterocycles.